The summed E-state index contributed by atoms with van der Waals surface area (Å²) < 4.78 is 5.81. The molecular formula is C32H22ClN3O2S. The van der Waals surface area contributed by atoms with Crippen LogP contribution in [0.2, 0.25) is 5.02 Å². The van der Waals surface area contributed by atoms with Crippen molar-refractivity contribution in [1.82, 2.24) is 4.98 Å². The lowest BCUT2D eigenvalue weighted by atomic mass is 9.99. The number of aromatic nitrogens is 1. The SMILES string of the molecule is N#Cc1c(-c2ccc(Cl)cc2)cc(-c2ccccc2)nc1SCC(=O)Nc1ccc(Oc2ccccc2)cc1. The average molecular weight is 548 g/mol. The van der Waals surface area contributed by atoms with Crippen LogP contribution in [-0.4, -0.2) is 16.6 Å². The predicted octanol–water partition coefficient (Wildman–Crippen LogP) is 8.46. The van der Waals surface area contributed by atoms with Crippen LogP contribution in [0, 0.1) is 11.3 Å². The quantitative estimate of drug-likeness (QED) is 0.197. The molecule has 0 spiro atoms. The van der Waals surface area contributed by atoms with Crippen molar-refractivity contribution in [3.63, 3.8) is 0 Å². The summed E-state index contributed by atoms with van der Waals surface area (Å²) in [6.45, 7) is 0. The molecule has 1 aromatic heterocycles. The van der Waals surface area contributed by atoms with Crippen LogP contribution in [0.4, 0.5) is 5.69 Å². The predicted molar refractivity (Wildman–Crippen MR) is 157 cm³/mol. The van der Waals surface area contributed by atoms with E-state index in [-0.39, 0.29) is 11.7 Å². The average Bonchev–Trinajstić information content (AvgIpc) is 2.98. The van der Waals surface area contributed by atoms with Gasteiger partial charge in [0, 0.05) is 21.8 Å². The molecule has 0 unspecified atom stereocenters. The number of ether oxygens (including phenoxy) is 1. The number of carbonyl (C=O) groups excluding carboxylic acids is 1. The Labute approximate surface area is 236 Å². The highest BCUT2D eigenvalue weighted by atomic mass is 35.5. The highest BCUT2D eigenvalue weighted by molar-refractivity contribution is 8.00. The van der Waals surface area contributed by atoms with Gasteiger partial charge in [-0.2, -0.15) is 5.26 Å². The molecule has 0 radical (unpaired) electrons. The number of rotatable bonds is 8. The molecule has 5 nitrogen and oxygen atoms in total. The molecule has 0 fully saturated rings. The standard InChI is InChI=1S/C32H22ClN3O2S/c33-24-13-11-22(12-14-24)28-19-30(23-7-3-1-4-8-23)36-32(29(28)20-34)39-21-31(37)35-25-15-17-27(18-16-25)38-26-9-5-2-6-10-26/h1-19H,21H2,(H,35,37). The van der Waals surface area contributed by atoms with E-state index in [1.165, 1.54) is 11.8 Å². The van der Waals surface area contributed by atoms with Gasteiger partial charge in [-0.25, -0.2) is 4.98 Å². The smallest absolute Gasteiger partial charge is 0.234 e. The van der Waals surface area contributed by atoms with Crippen LogP contribution in [0.3, 0.4) is 0 Å². The fourth-order valence-electron chi connectivity index (χ4n) is 3.91. The molecule has 0 aliphatic rings. The van der Waals surface area contributed by atoms with Crippen molar-refractivity contribution in [2.24, 2.45) is 0 Å². The number of carbonyl (C=O) groups is 1. The number of anilines is 1. The minimum atomic E-state index is -0.208. The second-order valence-corrected chi connectivity index (χ2v) is 9.90. The van der Waals surface area contributed by atoms with Gasteiger partial charge in [0.2, 0.25) is 5.91 Å². The van der Waals surface area contributed by atoms with Crippen molar-refractivity contribution in [3.05, 3.63) is 126 Å². The summed E-state index contributed by atoms with van der Waals surface area (Å²) in [6, 6.07) is 37.9. The molecule has 5 rings (SSSR count). The van der Waals surface area contributed by atoms with Gasteiger partial charge in [0.05, 0.1) is 17.0 Å². The maximum absolute atomic E-state index is 12.8. The lowest BCUT2D eigenvalue weighted by molar-refractivity contribution is -0.113. The zero-order valence-electron chi connectivity index (χ0n) is 20.7. The lowest BCUT2D eigenvalue weighted by Gasteiger charge is -2.13. The zero-order valence-corrected chi connectivity index (χ0v) is 22.2. The Hall–Kier alpha value is -4.57. The number of amides is 1. The van der Waals surface area contributed by atoms with Crippen molar-refractivity contribution in [3.8, 4) is 40.0 Å². The molecule has 1 amide bonds. The summed E-state index contributed by atoms with van der Waals surface area (Å²) >= 11 is 7.32. The second-order valence-electron chi connectivity index (χ2n) is 8.50. The third kappa shape index (κ3) is 6.66. The van der Waals surface area contributed by atoms with Gasteiger partial charge < -0.3 is 10.1 Å². The maximum atomic E-state index is 12.8. The number of halogens is 1. The summed E-state index contributed by atoms with van der Waals surface area (Å²) in [6.07, 6.45) is 0. The molecule has 1 heterocycles. The number of nitrogens with one attached hydrogen (secondary N) is 1. The first kappa shape index (κ1) is 26.1. The second kappa shape index (κ2) is 12.3. The van der Waals surface area contributed by atoms with E-state index in [0.717, 1.165) is 28.1 Å². The Morgan fingerprint density at radius 3 is 2.15 bits per heavy atom. The Morgan fingerprint density at radius 1 is 0.846 bits per heavy atom. The summed E-state index contributed by atoms with van der Waals surface area (Å²) in [4.78, 5) is 17.6. The first-order valence-electron chi connectivity index (χ1n) is 12.1. The van der Waals surface area contributed by atoms with Crippen molar-refractivity contribution < 1.29 is 9.53 Å². The topological polar surface area (TPSA) is 75.0 Å². The molecule has 0 aliphatic carbocycles. The molecular weight excluding hydrogens is 526 g/mol. The normalized spacial score (nSPS) is 10.5. The van der Waals surface area contributed by atoms with E-state index in [2.05, 4.69) is 11.4 Å². The molecule has 190 valence electrons. The van der Waals surface area contributed by atoms with Gasteiger partial charge in [0.15, 0.2) is 0 Å². The lowest BCUT2D eigenvalue weighted by Crippen LogP contribution is -2.14. The van der Waals surface area contributed by atoms with E-state index in [4.69, 9.17) is 21.3 Å². The van der Waals surface area contributed by atoms with E-state index < -0.39 is 0 Å². The molecule has 0 saturated carbocycles. The van der Waals surface area contributed by atoms with Crippen LogP contribution in [-0.2, 0) is 4.79 Å². The third-order valence-corrected chi connectivity index (χ3v) is 7.01. The van der Waals surface area contributed by atoms with Crippen LogP contribution < -0.4 is 10.1 Å². The molecule has 0 bridgehead atoms. The molecule has 0 atom stereocenters. The Balaban J connectivity index is 1.34. The van der Waals surface area contributed by atoms with E-state index >= 15 is 0 Å². The van der Waals surface area contributed by atoms with Crippen molar-refractivity contribution >= 4 is 35.0 Å². The van der Waals surface area contributed by atoms with Gasteiger partial charge in [-0.3, -0.25) is 4.79 Å². The summed E-state index contributed by atoms with van der Waals surface area (Å²) in [5.41, 5.74) is 4.28. The number of thioether (sulfide) groups is 1. The number of hydrogen-bond donors (Lipinski definition) is 1. The van der Waals surface area contributed by atoms with Gasteiger partial charge in [0.1, 0.15) is 22.6 Å². The first-order valence-corrected chi connectivity index (χ1v) is 13.5. The highest BCUT2D eigenvalue weighted by Gasteiger charge is 2.17. The van der Waals surface area contributed by atoms with E-state index in [1.807, 2.05) is 78.9 Å². The largest absolute Gasteiger partial charge is 0.457 e. The van der Waals surface area contributed by atoms with E-state index in [1.54, 1.807) is 36.4 Å². The molecule has 5 aromatic rings. The Bertz CT molecular complexity index is 1620. The fourth-order valence-corrected chi connectivity index (χ4v) is 4.84. The van der Waals surface area contributed by atoms with Crippen LogP contribution in [0.25, 0.3) is 22.4 Å². The van der Waals surface area contributed by atoms with Gasteiger partial charge in [-0.05, 0) is 60.2 Å². The third-order valence-electron chi connectivity index (χ3n) is 5.78. The molecule has 4 aromatic carbocycles. The Kier molecular flexibility index (Phi) is 8.23. The van der Waals surface area contributed by atoms with Gasteiger partial charge in [-0.15, -0.1) is 0 Å². The van der Waals surface area contributed by atoms with E-state index in [9.17, 15) is 10.1 Å². The van der Waals surface area contributed by atoms with Gasteiger partial charge in [0.25, 0.3) is 0 Å². The number of nitrogens with zero attached hydrogens (tertiary/aromatic N) is 2. The van der Waals surface area contributed by atoms with Crippen LogP contribution in [0.5, 0.6) is 11.5 Å². The number of pyridine rings is 1. The number of nitriles is 1. The monoisotopic (exact) mass is 547 g/mol. The van der Waals surface area contributed by atoms with Gasteiger partial charge >= 0.3 is 0 Å². The first-order chi connectivity index (χ1) is 19.1. The summed E-state index contributed by atoms with van der Waals surface area (Å²) in [5, 5.41) is 14.1. The number of hydrogen-bond acceptors (Lipinski definition) is 5. The summed E-state index contributed by atoms with van der Waals surface area (Å²) in [5.74, 6) is 1.29. The fraction of sp³-hybridized carbons (Fsp3) is 0.0312. The molecule has 39 heavy (non-hydrogen) atoms. The minimum Gasteiger partial charge on any atom is -0.457 e. The van der Waals surface area contributed by atoms with Crippen LogP contribution >= 0.6 is 23.4 Å². The summed E-state index contributed by atoms with van der Waals surface area (Å²) in [7, 11) is 0. The molecule has 1 N–H and O–H groups in total. The van der Waals surface area contributed by atoms with Crippen molar-refractivity contribution in [2.45, 2.75) is 5.03 Å². The zero-order chi connectivity index (χ0) is 27.0. The van der Waals surface area contributed by atoms with Crippen LogP contribution in [0.15, 0.2) is 120 Å². The van der Waals surface area contributed by atoms with Crippen molar-refractivity contribution in [2.75, 3.05) is 11.1 Å². The minimum absolute atomic E-state index is 0.0856. The number of benzene rings is 4. The molecule has 0 saturated heterocycles. The number of para-hydroxylation sites is 1. The van der Waals surface area contributed by atoms with E-state index in [0.29, 0.717) is 27.0 Å². The van der Waals surface area contributed by atoms with Crippen LogP contribution in [0.1, 0.15) is 5.56 Å². The highest BCUT2D eigenvalue weighted by Crippen LogP contribution is 2.35. The molecule has 0 aliphatic heterocycles. The van der Waals surface area contributed by atoms with Gasteiger partial charge in [-0.1, -0.05) is 84.0 Å². The Morgan fingerprint density at radius 2 is 1.49 bits per heavy atom. The molecule has 7 heteroatoms. The maximum Gasteiger partial charge on any atom is 0.234 e. The van der Waals surface area contributed by atoms with Crippen molar-refractivity contribution in [1.29, 1.82) is 5.26 Å².